The van der Waals surface area contributed by atoms with Gasteiger partial charge in [-0.3, -0.25) is 9.63 Å². The molecular weight excluding hydrogens is 381 g/mol. The third-order valence-corrected chi connectivity index (χ3v) is 3.94. The normalized spacial score (nSPS) is 13.7. The van der Waals surface area contributed by atoms with Crippen molar-refractivity contribution in [3.8, 4) is 5.75 Å². The SMILES string of the molecule is CCCCN(OC)C(NC(=O)c1ccc(OC)cc1)(C(=O)OCC)C(F)(F)F. The number of hydroxylamine groups is 2. The van der Waals surface area contributed by atoms with Crippen LogP contribution in [0.4, 0.5) is 13.2 Å². The lowest BCUT2D eigenvalue weighted by molar-refractivity contribution is -0.314. The molecule has 0 aromatic heterocycles. The van der Waals surface area contributed by atoms with E-state index < -0.39 is 23.7 Å². The minimum Gasteiger partial charge on any atom is -0.497 e. The zero-order valence-corrected chi connectivity index (χ0v) is 16.3. The molecule has 0 heterocycles. The molecule has 0 saturated carbocycles. The predicted octanol–water partition coefficient (Wildman–Crippen LogP) is 2.91. The number of nitrogens with zero attached hydrogens (tertiary/aromatic N) is 1. The van der Waals surface area contributed by atoms with Gasteiger partial charge in [0.25, 0.3) is 5.91 Å². The van der Waals surface area contributed by atoms with Crippen molar-refractivity contribution in [3.05, 3.63) is 29.8 Å². The van der Waals surface area contributed by atoms with E-state index in [0.29, 0.717) is 23.7 Å². The van der Waals surface area contributed by atoms with Crippen molar-refractivity contribution in [3.63, 3.8) is 0 Å². The number of hydrogen-bond donors (Lipinski definition) is 1. The number of unbranched alkanes of at least 4 members (excludes halogenated alkanes) is 1. The van der Waals surface area contributed by atoms with Crippen molar-refractivity contribution in [2.75, 3.05) is 27.4 Å². The van der Waals surface area contributed by atoms with Crippen LogP contribution in [-0.4, -0.2) is 56.2 Å². The molecule has 0 aliphatic heterocycles. The second-order valence-corrected chi connectivity index (χ2v) is 5.75. The number of methoxy groups -OCH3 is 1. The Morgan fingerprint density at radius 1 is 1.11 bits per heavy atom. The Balaban J connectivity index is 3.40. The average molecular weight is 406 g/mol. The van der Waals surface area contributed by atoms with Gasteiger partial charge in [0.2, 0.25) is 0 Å². The fourth-order valence-electron chi connectivity index (χ4n) is 2.46. The van der Waals surface area contributed by atoms with Gasteiger partial charge in [-0.2, -0.15) is 13.2 Å². The standard InChI is InChI=1S/C18H25F3N2O5/c1-5-7-12-23(27-4)17(18(19,20)21,16(25)28-6-2)22-15(24)13-8-10-14(26-3)11-9-13/h8-11H,5-7,12H2,1-4H3,(H,22,24). The summed E-state index contributed by atoms with van der Waals surface area (Å²) < 4.78 is 52.1. The van der Waals surface area contributed by atoms with Crippen LogP contribution < -0.4 is 10.1 Å². The average Bonchev–Trinajstić information content (AvgIpc) is 2.66. The summed E-state index contributed by atoms with van der Waals surface area (Å²) in [5.41, 5.74) is -3.59. The number of esters is 1. The van der Waals surface area contributed by atoms with E-state index in [2.05, 4.69) is 4.74 Å². The summed E-state index contributed by atoms with van der Waals surface area (Å²) in [7, 11) is 2.41. The highest BCUT2D eigenvalue weighted by atomic mass is 19.4. The molecular formula is C18H25F3N2O5. The molecule has 1 amide bonds. The molecule has 1 aromatic carbocycles. The molecule has 0 aliphatic rings. The van der Waals surface area contributed by atoms with E-state index in [1.54, 1.807) is 12.2 Å². The Labute approximate surface area is 161 Å². The molecule has 0 saturated heterocycles. The first kappa shape index (κ1) is 23.7. The Hall–Kier alpha value is -2.33. The van der Waals surface area contributed by atoms with Crippen LogP contribution in [0.15, 0.2) is 24.3 Å². The van der Waals surface area contributed by atoms with E-state index in [-0.39, 0.29) is 18.7 Å². The van der Waals surface area contributed by atoms with E-state index in [1.165, 1.54) is 38.3 Å². The fraction of sp³-hybridized carbons (Fsp3) is 0.556. The maximum absolute atomic E-state index is 14.2. The Morgan fingerprint density at radius 2 is 1.71 bits per heavy atom. The molecule has 1 atom stereocenters. The number of rotatable bonds is 10. The van der Waals surface area contributed by atoms with Gasteiger partial charge in [-0.1, -0.05) is 13.3 Å². The van der Waals surface area contributed by atoms with Gasteiger partial charge in [0.15, 0.2) is 0 Å². The van der Waals surface area contributed by atoms with Crippen LogP contribution in [0, 0.1) is 0 Å². The largest absolute Gasteiger partial charge is 0.497 e. The highest BCUT2D eigenvalue weighted by molar-refractivity contribution is 5.98. The summed E-state index contributed by atoms with van der Waals surface area (Å²) in [5.74, 6) is -2.38. The molecule has 1 unspecified atom stereocenters. The summed E-state index contributed by atoms with van der Waals surface area (Å²) in [6.07, 6.45) is -4.38. The van der Waals surface area contributed by atoms with Crippen LogP contribution in [0.5, 0.6) is 5.75 Å². The lowest BCUT2D eigenvalue weighted by atomic mass is 10.1. The van der Waals surface area contributed by atoms with Crippen molar-refractivity contribution in [2.24, 2.45) is 0 Å². The summed E-state index contributed by atoms with van der Waals surface area (Å²) in [5, 5.41) is 2.19. The van der Waals surface area contributed by atoms with E-state index in [9.17, 15) is 22.8 Å². The molecule has 0 bridgehead atoms. The molecule has 0 spiro atoms. The van der Waals surface area contributed by atoms with Crippen LogP contribution in [0.2, 0.25) is 0 Å². The highest BCUT2D eigenvalue weighted by Gasteiger charge is 2.67. The minimum absolute atomic E-state index is 0.0923. The lowest BCUT2D eigenvalue weighted by Crippen LogP contribution is -2.73. The second-order valence-electron chi connectivity index (χ2n) is 5.75. The van der Waals surface area contributed by atoms with Gasteiger partial charge < -0.3 is 14.8 Å². The Bertz CT molecular complexity index is 652. The molecule has 0 fully saturated rings. The van der Waals surface area contributed by atoms with Crippen molar-refractivity contribution in [2.45, 2.75) is 38.5 Å². The van der Waals surface area contributed by atoms with Gasteiger partial charge >= 0.3 is 17.8 Å². The van der Waals surface area contributed by atoms with Crippen molar-refractivity contribution in [1.82, 2.24) is 10.4 Å². The third-order valence-electron chi connectivity index (χ3n) is 3.94. The second kappa shape index (κ2) is 10.3. The van der Waals surface area contributed by atoms with Gasteiger partial charge in [0.1, 0.15) is 5.75 Å². The summed E-state index contributed by atoms with van der Waals surface area (Å²) >= 11 is 0. The number of benzene rings is 1. The van der Waals surface area contributed by atoms with Crippen LogP contribution >= 0.6 is 0 Å². The number of carbonyl (C=O) groups excluding carboxylic acids is 2. The van der Waals surface area contributed by atoms with E-state index >= 15 is 0 Å². The van der Waals surface area contributed by atoms with Crippen LogP contribution in [0.3, 0.4) is 0 Å². The van der Waals surface area contributed by atoms with E-state index in [4.69, 9.17) is 9.57 Å². The van der Waals surface area contributed by atoms with Gasteiger partial charge in [-0.05, 0) is 37.6 Å². The van der Waals surface area contributed by atoms with Crippen LogP contribution in [-0.2, 0) is 14.4 Å². The maximum atomic E-state index is 14.2. The predicted molar refractivity (Wildman–Crippen MR) is 94.5 cm³/mol. The maximum Gasteiger partial charge on any atom is 0.438 e. The lowest BCUT2D eigenvalue weighted by Gasteiger charge is -2.41. The van der Waals surface area contributed by atoms with Crippen molar-refractivity contribution >= 4 is 11.9 Å². The first-order valence-electron chi connectivity index (χ1n) is 8.70. The molecule has 28 heavy (non-hydrogen) atoms. The molecule has 1 N–H and O–H groups in total. The zero-order valence-electron chi connectivity index (χ0n) is 16.3. The summed E-state index contributed by atoms with van der Waals surface area (Å²) in [4.78, 5) is 29.9. The van der Waals surface area contributed by atoms with Crippen molar-refractivity contribution in [1.29, 1.82) is 0 Å². The first-order valence-corrected chi connectivity index (χ1v) is 8.70. The molecule has 0 aliphatic carbocycles. The molecule has 0 radical (unpaired) electrons. The molecule has 1 rings (SSSR count). The van der Waals surface area contributed by atoms with Crippen molar-refractivity contribution < 1.29 is 37.1 Å². The monoisotopic (exact) mass is 406 g/mol. The van der Waals surface area contributed by atoms with Gasteiger partial charge in [0.05, 0.1) is 20.8 Å². The fourth-order valence-corrected chi connectivity index (χ4v) is 2.46. The number of ether oxygens (including phenoxy) is 2. The molecule has 158 valence electrons. The minimum atomic E-state index is -5.22. The summed E-state index contributed by atoms with van der Waals surface area (Å²) in [6.45, 7) is 2.57. The Kier molecular flexibility index (Phi) is 8.70. The number of alkyl halides is 3. The molecule has 10 heteroatoms. The van der Waals surface area contributed by atoms with E-state index in [1.807, 2.05) is 0 Å². The smallest absolute Gasteiger partial charge is 0.438 e. The van der Waals surface area contributed by atoms with Crippen LogP contribution in [0.25, 0.3) is 0 Å². The van der Waals surface area contributed by atoms with E-state index in [0.717, 1.165) is 7.11 Å². The summed E-state index contributed by atoms with van der Waals surface area (Å²) in [6, 6.07) is 5.40. The van der Waals surface area contributed by atoms with Gasteiger partial charge in [-0.25, -0.2) is 4.79 Å². The molecule has 1 aromatic rings. The number of amides is 1. The first-order chi connectivity index (χ1) is 13.2. The topological polar surface area (TPSA) is 77.1 Å². The van der Waals surface area contributed by atoms with Gasteiger partial charge in [-0.15, -0.1) is 5.06 Å². The number of carbonyl (C=O) groups is 2. The number of nitrogens with one attached hydrogen (secondary N) is 1. The quantitative estimate of drug-likeness (QED) is 0.366. The highest BCUT2D eigenvalue weighted by Crippen LogP contribution is 2.36. The molecule has 7 nitrogen and oxygen atoms in total. The Morgan fingerprint density at radius 3 is 2.14 bits per heavy atom. The number of hydrogen-bond acceptors (Lipinski definition) is 6. The zero-order chi connectivity index (χ0) is 21.4. The van der Waals surface area contributed by atoms with Crippen LogP contribution in [0.1, 0.15) is 37.0 Å². The van der Waals surface area contributed by atoms with Gasteiger partial charge in [0, 0.05) is 12.1 Å². The third kappa shape index (κ3) is 5.14. The number of halogens is 3.